The first-order valence-corrected chi connectivity index (χ1v) is 8.67. The zero-order valence-corrected chi connectivity index (χ0v) is 13.3. The number of nitrogens with zero attached hydrogens (tertiary/aromatic N) is 2. The van der Waals surface area contributed by atoms with Crippen LogP contribution in [-0.2, 0) is 26.1 Å². The average molecular weight is 331 g/mol. The van der Waals surface area contributed by atoms with E-state index in [-0.39, 0.29) is 16.9 Å². The Hall–Kier alpha value is -1.45. The SMILES string of the molecule is COCCn1cc(S(=O)(=O)NC2CCC(C(=O)O)CC2)cn1. The molecular weight excluding hydrogens is 310 g/mol. The van der Waals surface area contributed by atoms with Crippen molar-refractivity contribution in [1.29, 1.82) is 0 Å². The molecule has 2 rings (SSSR count). The Kier molecular flexibility index (Phi) is 5.54. The molecule has 1 aromatic rings. The summed E-state index contributed by atoms with van der Waals surface area (Å²) < 4.78 is 33.6. The Labute approximate surface area is 129 Å². The maximum absolute atomic E-state index is 12.3. The van der Waals surface area contributed by atoms with Gasteiger partial charge in [-0.25, -0.2) is 13.1 Å². The van der Waals surface area contributed by atoms with E-state index in [1.807, 2.05) is 0 Å². The number of carbonyl (C=O) groups is 1. The maximum atomic E-state index is 12.3. The van der Waals surface area contributed by atoms with Crippen LogP contribution in [0.3, 0.4) is 0 Å². The molecule has 0 aliphatic heterocycles. The highest BCUT2D eigenvalue weighted by atomic mass is 32.2. The summed E-state index contributed by atoms with van der Waals surface area (Å²) in [7, 11) is -2.06. The maximum Gasteiger partial charge on any atom is 0.306 e. The molecule has 1 fully saturated rings. The lowest BCUT2D eigenvalue weighted by atomic mass is 9.87. The minimum atomic E-state index is -3.62. The number of ether oxygens (including phenoxy) is 1. The molecule has 1 aliphatic carbocycles. The summed E-state index contributed by atoms with van der Waals surface area (Å²) in [6, 6.07) is -0.220. The van der Waals surface area contributed by atoms with E-state index in [1.54, 1.807) is 7.11 Å². The fourth-order valence-electron chi connectivity index (χ4n) is 2.54. The van der Waals surface area contributed by atoms with Gasteiger partial charge in [-0.3, -0.25) is 9.48 Å². The second kappa shape index (κ2) is 7.21. The molecule has 0 bridgehead atoms. The van der Waals surface area contributed by atoms with Gasteiger partial charge in [-0.05, 0) is 25.7 Å². The molecular formula is C13H21N3O5S. The number of hydrogen-bond donors (Lipinski definition) is 2. The lowest BCUT2D eigenvalue weighted by Crippen LogP contribution is -2.38. The minimum Gasteiger partial charge on any atom is -0.481 e. The van der Waals surface area contributed by atoms with Crippen molar-refractivity contribution in [2.75, 3.05) is 13.7 Å². The first kappa shape index (κ1) is 16.9. The molecule has 0 amide bonds. The molecule has 8 nitrogen and oxygen atoms in total. The minimum absolute atomic E-state index is 0.115. The number of carboxylic acid groups (broad SMARTS) is 1. The van der Waals surface area contributed by atoms with Crippen LogP contribution in [0.2, 0.25) is 0 Å². The van der Waals surface area contributed by atoms with Gasteiger partial charge in [0.2, 0.25) is 10.0 Å². The van der Waals surface area contributed by atoms with Gasteiger partial charge in [0.1, 0.15) is 4.90 Å². The molecule has 0 aromatic carbocycles. The molecule has 0 atom stereocenters. The topological polar surface area (TPSA) is 111 Å². The van der Waals surface area contributed by atoms with Crippen molar-refractivity contribution in [3.63, 3.8) is 0 Å². The predicted molar refractivity (Wildman–Crippen MR) is 77.8 cm³/mol. The van der Waals surface area contributed by atoms with E-state index >= 15 is 0 Å². The van der Waals surface area contributed by atoms with Crippen molar-refractivity contribution in [1.82, 2.24) is 14.5 Å². The van der Waals surface area contributed by atoms with Crippen LogP contribution >= 0.6 is 0 Å². The summed E-state index contributed by atoms with van der Waals surface area (Å²) in [5.74, 6) is -1.17. The summed E-state index contributed by atoms with van der Waals surface area (Å²) in [4.78, 5) is 11.0. The quantitative estimate of drug-likeness (QED) is 0.750. The van der Waals surface area contributed by atoms with Crippen LogP contribution in [0.25, 0.3) is 0 Å². The van der Waals surface area contributed by atoms with Gasteiger partial charge in [0.15, 0.2) is 0 Å². The number of sulfonamides is 1. The Morgan fingerprint density at radius 3 is 2.73 bits per heavy atom. The van der Waals surface area contributed by atoms with Gasteiger partial charge in [-0.15, -0.1) is 0 Å². The molecule has 124 valence electrons. The van der Waals surface area contributed by atoms with Crippen molar-refractivity contribution in [3.05, 3.63) is 12.4 Å². The molecule has 0 unspecified atom stereocenters. The Morgan fingerprint density at radius 1 is 1.45 bits per heavy atom. The number of hydrogen-bond acceptors (Lipinski definition) is 5. The van der Waals surface area contributed by atoms with E-state index < -0.39 is 16.0 Å². The fourth-order valence-corrected chi connectivity index (χ4v) is 3.79. The molecule has 22 heavy (non-hydrogen) atoms. The van der Waals surface area contributed by atoms with Crippen molar-refractivity contribution >= 4 is 16.0 Å². The summed E-state index contributed by atoms with van der Waals surface area (Å²) in [6.45, 7) is 0.934. The Balaban J connectivity index is 1.94. The number of aromatic nitrogens is 2. The van der Waals surface area contributed by atoms with Crippen LogP contribution in [0.4, 0.5) is 0 Å². The van der Waals surface area contributed by atoms with E-state index in [4.69, 9.17) is 9.84 Å². The number of aliphatic carboxylic acids is 1. The van der Waals surface area contributed by atoms with Gasteiger partial charge >= 0.3 is 5.97 Å². The van der Waals surface area contributed by atoms with Gasteiger partial charge in [0.05, 0.1) is 25.3 Å². The molecule has 1 aromatic heterocycles. The standard InChI is InChI=1S/C13H21N3O5S/c1-21-7-6-16-9-12(8-14-16)22(19,20)15-11-4-2-10(3-5-11)13(17)18/h8-11,15H,2-7H2,1H3,(H,17,18). The smallest absolute Gasteiger partial charge is 0.306 e. The largest absolute Gasteiger partial charge is 0.481 e. The number of rotatable bonds is 7. The van der Waals surface area contributed by atoms with Crippen molar-refractivity contribution in [2.24, 2.45) is 5.92 Å². The van der Waals surface area contributed by atoms with Gasteiger partial charge in [0, 0.05) is 19.3 Å². The van der Waals surface area contributed by atoms with Crippen molar-refractivity contribution < 1.29 is 23.1 Å². The van der Waals surface area contributed by atoms with Crippen LogP contribution < -0.4 is 4.72 Å². The van der Waals surface area contributed by atoms with Gasteiger partial charge < -0.3 is 9.84 Å². The summed E-state index contributed by atoms with van der Waals surface area (Å²) in [6.07, 6.45) is 4.83. The zero-order chi connectivity index (χ0) is 16.2. The average Bonchev–Trinajstić information content (AvgIpc) is 2.95. The highest BCUT2D eigenvalue weighted by Gasteiger charge is 2.29. The monoisotopic (exact) mass is 331 g/mol. The van der Waals surface area contributed by atoms with Gasteiger partial charge in [0.25, 0.3) is 0 Å². The van der Waals surface area contributed by atoms with Gasteiger partial charge in [-0.2, -0.15) is 5.10 Å². The molecule has 0 spiro atoms. The third kappa shape index (κ3) is 4.28. The summed E-state index contributed by atoms with van der Waals surface area (Å²) >= 11 is 0. The lowest BCUT2D eigenvalue weighted by Gasteiger charge is -2.26. The van der Waals surface area contributed by atoms with Crippen LogP contribution in [0.15, 0.2) is 17.3 Å². The van der Waals surface area contributed by atoms with Crippen molar-refractivity contribution in [3.8, 4) is 0 Å². The molecule has 2 N–H and O–H groups in total. The summed E-state index contributed by atoms with van der Waals surface area (Å²) in [5.41, 5.74) is 0. The second-order valence-electron chi connectivity index (χ2n) is 5.44. The fraction of sp³-hybridized carbons (Fsp3) is 0.692. The Morgan fingerprint density at radius 2 is 2.14 bits per heavy atom. The number of carboxylic acids is 1. The molecule has 0 radical (unpaired) electrons. The number of methoxy groups -OCH3 is 1. The third-order valence-corrected chi connectivity index (χ3v) is 5.32. The van der Waals surface area contributed by atoms with E-state index in [0.29, 0.717) is 38.8 Å². The highest BCUT2D eigenvalue weighted by Crippen LogP contribution is 2.25. The zero-order valence-electron chi connectivity index (χ0n) is 12.4. The summed E-state index contributed by atoms with van der Waals surface area (Å²) in [5, 5.41) is 12.9. The molecule has 1 heterocycles. The lowest BCUT2D eigenvalue weighted by molar-refractivity contribution is -0.142. The van der Waals surface area contributed by atoms with Crippen molar-refractivity contribution in [2.45, 2.75) is 43.2 Å². The molecule has 1 saturated carbocycles. The van der Waals surface area contributed by atoms with E-state index in [0.717, 1.165) is 0 Å². The number of nitrogens with one attached hydrogen (secondary N) is 1. The van der Waals surface area contributed by atoms with Crippen LogP contribution in [0.1, 0.15) is 25.7 Å². The Bertz CT molecular complexity index is 605. The first-order chi connectivity index (χ1) is 10.4. The molecule has 1 aliphatic rings. The van der Waals surface area contributed by atoms with E-state index in [9.17, 15) is 13.2 Å². The van der Waals surface area contributed by atoms with E-state index in [1.165, 1.54) is 17.1 Å². The van der Waals surface area contributed by atoms with Crippen LogP contribution in [-0.4, -0.2) is 49.0 Å². The van der Waals surface area contributed by atoms with Crippen LogP contribution in [0.5, 0.6) is 0 Å². The van der Waals surface area contributed by atoms with Crippen LogP contribution in [0, 0.1) is 5.92 Å². The first-order valence-electron chi connectivity index (χ1n) is 7.19. The second-order valence-corrected chi connectivity index (χ2v) is 7.15. The highest BCUT2D eigenvalue weighted by molar-refractivity contribution is 7.89. The molecule has 0 saturated heterocycles. The molecule has 9 heteroatoms. The normalized spacial score (nSPS) is 22.6. The third-order valence-electron chi connectivity index (χ3n) is 3.84. The van der Waals surface area contributed by atoms with E-state index in [2.05, 4.69) is 9.82 Å². The predicted octanol–water partition coefficient (Wildman–Crippen LogP) is 0.451. The van der Waals surface area contributed by atoms with Gasteiger partial charge in [-0.1, -0.05) is 0 Å².